The van der Waals surface area contributed by atoms with E-state index in [2.05, 4.69) is 4.98 Å². The van der Waals surface area contributed by atoms with Crippen molar-refractivity contribution in [1.82, 2.24) is 4.98 Å². The van der Waals surface area contributed by atoms with Gasteiger partial charge in [0.25, 0.3) is 0 Å². The van der Waals surface area contributed by atoms with Crippen LogP contribution in [0.3, 0.4) is 0 Å². The lowest BCUT2D eigenvalue weighted by atomic mass is 9.85. The second-order valence-corrected chi connectivity index (χ2v) is 6.33. The molecule has 1 aromatic heterocycles. The molecule has 0 radical (unpaired) electrons. The van der Waals surface area contributed by atoms with Gasteiger partial charge in [0.05, 0.1) is 16.7 Å². The highest BCUT2D eigenvalue weighted by molar-refractivity contribution is 6.61. The summed E-state index contributed by atoms with van der Waals surface area (Å²) in [6.45, 7) is 7.58. The van der Waals surface area contributed by atoms with Gasteiger partial charge in [0, 0.05) is 11.2 Å². The first kappa shape index (κ1) is 13.6. The Kier molecular flexibility index (Phi) is 2.96. The molecule has 3 nitrogen and oxygen atoms in total. The third-order valence-corrected chi connectivity index (χ3v) is 4.41. The fourth-order valence-corrected chi connectivity index (χ4v) is 2.45. The SMILES string of the molecule is CC1(C)OB(c2cc3cccc(CF)c3[nH]2)OC1(C)C. The van der Waals surface area contributed by atoms with Crippen molar-refractivity contribution in [3.63, 3.8) is 0 Å². The van der Waals surface area contributed by atoms with Crippen LogP contribution in [-0.4, -0.2) is 23.3 Å². The second-order valence-electron chi connectivity index (χ2n) is 6.33. The van der Waals surface area contributed by atoms with E-state index in [0.717, 1.165) is 16.5 Å². The van der Waals surface area contributed by atoms with Gasteiger partial charge < -0.3 is 14.3 Å². The van der Waals surface area contributed by atoms with E-state index in [4.69, 9.17) is 9.31 Å². The number of benzene rings is 1. The summed E-state index contributed by atoms with van der Waals surface area (Å²) in [5, 5.41) is 0.977. The zero-order valence-corrected chi connectivity index (χ0v) is 12.3. The Bertz CT molecular complexity index is 634. The maximum absolute atomic E-state index is 13.0. The summed E-state index contributed by atoms with van der Waals surface area (Å²) in [5.74, 6) is 0. The van der Waals surface area contributed by atoms with Crippen LogP contribution in [0.1, 0.15) is 33.3 Å². The summed E-state index contributed by atoms with van der Waals surface area (Å²) in [6.07, 6.45) is 0. The Hall–Kier alpha value is -1.33. The largest absolute Gasteiger partial charge is 0.512 e. The molecule has 0 spiro atoms. The van der Waals surface area contributed by atoms with Crippen LogP contribution in [0.15, 0.2) is 24.3 Å². The standard InChI is InChI=1S/C15H19BFNO2/c1-14(2)15(3,4)20-16(19-14)12-8-10-6-5-7-11(9-17)13(10)18-12/h5-8,18H,9H2,1-4H3. The van der Waals surface area contributed by atoms with Gasteiger partial charge in [0.15, 0.2) is 0 Å². The number of hydrogen-bond acceptors (Lipinski definition) is 2. The van der Waals surface area contributed by atoms with Crippen molar-refractivity contribution in [1.29, 1.82) is 0 Å². The third-order valence-electron chi connectivity index (χ3n) is 4.41. The lowest BCUT2D eigenvalue weighted by molar-refractivity contribution is 0.00578. The number of alkyl halides is 1. The van der Waals surface area contributed by atoms with Gasteiger partial charge in [-0.15, -0.1) is 0 Å². The molecule has 1 aliphatic rings. The van der Waals surface area contributed by atoms with Gasteiger partial charge in [0.1, 0.15) is 6.67 Å². The summed E-state index contributed by atoms with van der Waals surface area (Å²) >= 11 is 0. The van der Waals surface area contributed by atoms with Crippen LogP contribution in [0, 0.1) is 0 Å². The average molecular weight is 275 g/mol. The quantitative estimate of drug-likeness (QED) is 0.855. The predicted octanol–water partition coefficient (Wildman–Crippen LogP) is 2.94. The third kappa shape index (κ3) is 1.96. The van der Waals surface area contributed by atoms with Gasteiger partial charge in [-0.2, -0.15) is 0 Å². The number of rotatable bonds is 2. The first-order valence-electron chi connectivity index (χ1n) is 6.86. The Balaban J connectivity index is 2.00. The highest BCUT2D eigenvalue weighted by Crippen LogP contribution is 2.36. The van der Waals surface area contributed by atoms with Crippen molar-refractivity contribution >= 4 is 23.6 Å². The number of halogens is 1. The summed E-state index contributed by atoms with van der Waals surface area (Å²) in [5.41, 5.74) is 1.56. The molecular weight excluding hydrogens is 256 g/mol. The minimum atomic E-state index is -0.485. The highest BCUT2D eigenvalue weighted by Gasteiger charge is 2.52. The molecule has 20 heavy (non-hydrogen) atoms. The maximum atomic E-state index is 13.0. The number of aromatic amines is 1. The molecule has 1 aromatic carbocycles. The molecule has 0 saturated carbocycles. The molecule has 0 atom stereocenters. The van der Waals surface area contributed by atoms with Crippen LogP contribution in [0.2, 0.25) is 0 Å². The Labute approximate surface area is 118 Å². The van der Waals surface area contributed by atoms with E-state index in [1.807, 2.05) is 45.9 Å². The number of fused-ring (bicyclic) bond motifs is 1. The molecule has 3 rings (SSSR count). The minimum Gasteiger partial charge on any atom is -0.398 e. The van der Waals surface area contributed by atoms with E-state index in [1.165, 1.54) is 0 Å². The number of hydrogen-bond donors (Lipinski definition) is 1. The monoisotopic (exact) mass is 275 g/mol. The van der Waals surface area contributed by atoms with Crippen LogP contribution in [0.5, 0.6) is 0 Å². The molecule has 0 aliphatic carbocycles. The Morgan fingerprint density at radius 3 is 2.40 bits per heavy atom. The molecule has 2 aromatic rings. The zero-order chi connectivity index (χ0) is 14.5. The van der Waals surface area contributed by atoms with Crippen LogP contribution in [0.4, 0.5) is 4.39 Å². The van der Waals surface area contributed by atoms with Gasteiger partial charge in [0.2, 0.25) is 0 Å². The molecule has 1 aliphatic heterocycles. The molecule has 2 heterocycles. The van der Waals surface area contributed by atoms with Crippen LogP contribution < -0.4 is 5.59 Å². The zero-order valence-electron chi connectivity index (χ0n) is 12.3. The van der Waals surface area contributed by atoms with E-state index in [0.29, 0.717) is 5.56 Å². The molecule has 1 fully saturated rings. The van der Waals surface area contributed by atoms with Gasteiger partial charge >= 0.3 is 7.12 Å². The summed E-state index contributed by atoms with van der Waals surface area (Å²) in [7, 11) is -0.445. The van der Waals surface area contributed by atoms with Gasteiger partial charge in [-0.3, -0.25) is 0 Å². The summed E-state index contributed by atoms with van der Waals surface area (Å²) in [6, 6.07) is 7.57. The van der Waals surface area contributed by atoms with Crippen LogP contribution >= 0.6 is 0 Å². The number of nitrogens with one attached hydrogen (secondary N) is 1. The van der Waals surface area contributed by atoms with E-state index < -0.39 is 13.8 Å². The molecule has 0 amide bonds. The molecule has 106 valence electrons. The normalized spacial score (nSPS) is 20.8. The highest BCUT2D eigenvalue weighted by atomic mass is 19.1. The van der Waals surface area contributed by atoms with E-state index in [-0.39, 0.29) is 11.2 Å². The summed E-state index contributed by atoms with van der Waals surface area (Å²) in [4.78, 5) is 3.24. The Morgan fingerprint density at radius 2 is 1.80 bits per heavy atom. The fraction of sp³-hybridized carbons (Fsp3) is 0.467. The number of aromatic nitrogens is 1. The molecule has 0 unspecified atom stereocenters. The lowest BCUT2D eigenvalue weighted by Gasteiger charge is -2.32. The smallest absolute Gasteiger partial charge is 0.398 e. The van der Waals surface area contributed by atoms with Crippen molar-refractivity contribution in [3.05, 3.63) is 29.8 Å². The predicted molar refractivity (Wildman–Crippen MR) is 78.8 cm³/mol. The second kappa shape index (κ2) is 4.33. The Morgan fingerprint density at radius 1 is 1.15 bits per heavy atom. The molecular formula is C15H19BFNO2. The molecule has 0 bridgehead atoms. The van der Waals surface area contributed by atoms with Gasteiger partial charge in [-0.25, -0.2) is 4.39 Å². The van der Waals surface area contributed by atoms with Crippen LogP contribution in [0.25, 0.3) is 10.9 Å². The van der Waals surface area contributed by atoms with Crippen molar-refractivity contribution in [2.75, 3.05) is 0 Å². The lowest BCUT2D eigenvalue weighted by Crippen LogP contribution is -2.41. The van der Waals surface area contributed by atoms with Gasteiger partial charge in [-0.05, 0) is 39.1 Å². The van der Waals surface area contributed by atoms with Crippen molar-refractivity contribution in [2.45, 2.75) is 45.6 Å². The maximum Gasteiger partial charge on any atom is 0.512 e. The van der Waals surface area contributed by atoms with Crippen molar-refractivity contribution < 1.29 is 13.7 Å². The van der Waals surface area contributed by atoms with Gasteiger partial charge in [-0.1, -0.05) is 18.2 Å². The summed E-state index contributed by atoms with van der Waals surface area (Å²) < 4.78 is 25.0. The van der Waals surface area contributed by atoms with Crippen LogP contribution in [-0.2, 0) is 16.0 Å². The number of H-pyrrole nitrogens is 1. The molecule has 1 saturated heterocycles. The first-order chi connectivity index (χ1) is 9.34. The van der Waals surface area contributed by atoms with E-state index >= 15 is 0 Å². The molecule has 1 N–H and O–H groups in total. The molecule has 5 heteroatoms. The van der Waals surface area contributed by atoms with E-state index in [9.17, 15) is 4.39 Å². The first-order valence-corrected chi connectivity index (χ1v) is 6.86. The minimum absolute atomic E-state index is 0.377. The fourth-order valence-electron chi connectivity index (χ4n) is 2.45. The average Bonchev–Trinajstić information content (AvgIpc) is 2.88. The van der Waals surface area contributed by atoms with E-state index in [1.54, 1.807) is 6.07 Å². The van der Waals surface area contributed by atoms with Crippen molar-refractivity contribution in [3.8, 4) is 0 Å². The van der Waals surface area contributed by atoms with Crippen molar-refractivity contribution in [2.24, 2.45) is 0 Å². The number of para-hydroxylation sites is 1. The topological polar surface area (TPSA) is 34.2 Å².